The highest BCUT2D eigenvalue weighted by molar-refractivity contribution is 5.99. The van der Waals surface area contributed by atoms with E-state index in [1.807, 2.05) is 0 Å². The summed E-state index contributed by atoms with van der Waals surface area (Å²) < 4.78 is 11.0. The van der Waals surface area contributed by atoms with Gasteiger partial charge in [-0.15, -0.1) is 10.2 Å². The second kappa shape index (κ2) is 10.4. The highest BCUT2D eigenvalue weighted by Gasteiger charge is 2.30. The van der Waals surface area contributed by atoms with Crippen molar-refractivity contribution in [2.45, 2.75) is 25.3 Å². The van der Waals surface area contributed by atoms with Gasteiger partial charge in [0.05, 0.1) is 31.1 Å². The third-order valence-corrected chi connectivity index (χ3v) is 5.73. The van der Waals surface area contributed by atoms with Crippen molar-refractivity contribution in [2.75, 3.05) is 31.0 Å². The molecule has 1 saturated carbocycles. The molecule has 0 unspecified atom stereocenters. The van der Waals surface area contributed by atoms with Crippen LogP contribution in [0.1, 0.15) is 35.3 Å². The minimum atomic E-state index is -0.792. The van der Waals surface area contributed by atoms with Crippen molar-refractivity contribution in [3.8, 4) is 11.8 Å². The predicted octanol–water partition coefficient (Wildman–Crippen LogP) is 1.51. The minimum absolute atomic E-state index is 0.0279. The van der Waals surface area contributed by atoms with E-state index >= 15 is 0 Å². The van der Waals surface area contributed by atoms with Crippen LogP contribution in [0.25, 0.3) is 6.08 Å². The molecule has 182 valence electrons. The second-order valence-electron chi connectivity index (χ2n) is 8.24. The molecule has 2 fully saturated rings. The van der Waals surface area contributed by atoms with Crippen molar-refractivity contribution in [3.05, 3.63) is 41.2 Å². The van der Waals surface area contributed by atoms with E-state index in [-0.39, 0.29) is 40.8 Å². The molecule has 12 nitrogen and oxygen atoms in total. The number of methoxy groups -OCH3 is 1. The smallest absolute Gasteiger partial charge is 0.271 e. The van der Waals surface area contributed by atoms with Crippen LogP contribution >= 0.6 is 0 Å². The Morgan fingerprint density at radius 2 is 2.09 bits per heavy atom. The fraction of sp³-hybridized carbons (Fsp3) is 0.348. The molecule has 1 atom stereocenters. The summed E-state index contributed by atoms with van der Waals surface area (Å²) in [5.74, 6) is 5.79. The Labute approximate surface area is 201 Å². The molecule has 4 rings (SSSR count). The van der Waals surface area contributed by atoms with Crippen LogP contribution in [0.5, 0.6) is 5.75 Å². The lowest BCUT2D eigenvalue weighted by Gasteiger charge is -2.23. The molecule has 0 radical (unpaired) electrons. The van der Waals surface area contributed by atoms with Gasteiger partial charge in [0.1, 0.15) is 17.5 Å². The summed E-state index contributed by atoms with van der Waals surface area (Å²) in [6, 6.07) is 8.75. The van der Waals surface area contributed by atoms with Crippen LogP contribution < -0.4 is 26.9 Å². The van der Waals surface area contributed by atoms with Crippen molar-refractivity contribution >= 4 is 35.1 Å². The zero-order valence-electron chi connectivity index (χ0n) is 19.2. The number of hydrazine groups is 1. The van der Waals surface area contributed by atoms with E-state index in [4.69, 9.17) is 21.1 Å². The highest BCUT2D eigenvalue weighted by atomic mass is 16.5. The van der Waals surface area contributed by atoms with Crippen LogP contribution in [-0.2, 0) is 9.53 Å². The summed E-state index contributed by atoms with van der Waals surface area (Å²) in [5.41, 5.74) is 6.90. The van der Waals surface area contributed by atoms with Crippen LogP contribution in [0.2, 0.25) is 0 Å². The number of carbonyl (C=O) groups is 2. The van der Waals surface area contributed by atoms with Crippen molar-refractivity contribution in [1.82, 2.24) is 15.2 Å². The molecule has 2 heterocycles. The summed E-state index contributed by atoms with van der Waals surface area (Å²) in [6.45, 7) is 1.03. The number of anilines is 3. The summed E-state index contributed by atoms with van der Waals surface area (Å²) in [6.07, 6.45) is 4.00. The molecule has 2 amide bonds. The van der Waals surface area contributed by atoms with Crippen LogP contribution in [0.4, 0.5) is 17.2 Å². The average molecular weight is 479 g/mol. The Hall–Kier alpha value is -4.21. The summed E-state index contributed by atoms with van der Waals surface area (Å²) >= 11 is 0. The monoisotopic (exact) mass is 478 g/mol. The van der Waals surface area contributed by atoms with Gasteiger partial charge in [-0.05, 0) is 31.4 Å². The molecule has 2 aromatic rings. The van der Waals surface area contributed by atoms with Gasteiger partial charge in [0.15, 0.2) is 11.5 Å². The van der Waals surface area contributed by atoms with Crippen molar-refractivity contribution < 1.29 is 19.1 Å². The number of ether oxygens (including phenoxy) is 2. The largest absolute Gasteiger partial charge is 0.494 e. The van der Waals surface area contributed by atoms with Crippen LogP contribution in [0.15, 0.2) is 30.0 Å². The van der Waals surface area contributed by atoms with E-state index in [1.54, 1.807) is 24.3 Å². The number of nitrogens with two attached hydrogens (primary N) is 2. The van der Waals surface area contributed by atoms with Crippen LogP contribution in [0, 0.1) is 17.2 Å². The maximum Gasteiger partial charge on any atom is 0.271 e. The van der Waals surface area contributed by atoms with Gasteiger partial charge >= 0.3 is 0 Å². The Balaban J connectivity index is 1.65. The van der Waals surface area contributed by atoms with Crippen LogP contribution in [-0.4, -0.2) is 53.4 Å². The van der Waals surface area contributed by atoms with Gasteiger partial charge in [-0.2, -0.15) is 5.26 Å². The second-order valence-corrected chi connectivity index (χ2v) is 8.24. The average Bonchev–Trinajstić information content (AvgIpc) is 3.56. The third kappa shape index (κ3) is 5.48. The quantitative estimate of drug-likeness (QED) is 0.234. The topological polar surface area (TPSA) is 182 Å². The van der Waals surface area contributed by atoms with Gasteiger partial charge in [-0.1, -0.05) is 12.1 Å². The number of primary amides is 1. The van der Waals surface area contributed by atoms with Crippen molar-refractivity contribution in [2.24, 2.45) is 17.5 Å². The number of nitrogens with one attached hydrogen (secondary N) is 2. The first-order chi connectivity index (χ1) is 16.9. The predicted molar refractivity (Wildman–Crippen MR) is 127 cm³/mol. The van der Waals surface area contributed by atoms with E-state index < -0.39 is 5.91 Å². The van der Waals surface area contributed by atoms with Crippen LogP contribution in [0.3, 0.4) is 0 Å². The zero-order chi connectivity index (χ0) is 24.9. The molecule has 12 heteroatoms. The number of benzene rings is 1. The summed E-state index contributed by atoms with van der Waals surface area (Å²) in [5, 5.41) is 24.7. The lowest BCUT2D eigenvalue weighted by Crippen LogP contribution is -2.40. The van der Waals surface area contributed by atoms with Crippen molar-refractivity contribution in [1.29, 1.82) is 5.26 Å². The Morgan fingerprint density at radius 3 is 2.71 bits per heavy atom. The van der Waals surface area contributed by atoms with Gasteiger partial charge in [0, 0.05) is 24.2 Å². The number of aromatic nitrogens is 2. The molecule has 1 saturated heterocycles. The van der Waals surface area contributed by atoms with Gasteiger partial charge in [-0.3, -0.25) is 14.6 Å². The number of carbonyl (C=O) groups excluding carboxylic acids is 2. The number of hydrogen-bond acceptors (Lipinski definition) is 10. The fourth-order valence-corrected chi connectivity index (χ4v) is 3.69. The number of nitrogens with zero attached hydrogens (tertiary/aromatic N) is 4. The Kier molecular flexibility index (Phi) is 7.09. The fourth-order valence-electron chi connectivity index (χ4n) is 3.69. The number of para-hydroxylation sites is 1. The van der Waals surface area contributed by atoms with Gasteiger partial charge in [-0.25, -0.2) is 5.84 Å². The standard InChI is InChI=1S/C23H26N8O4/c1-34-21-14(9-16(11-24)31(26)15-7-8-35-12-15)3-2-4-17(21)27-18-10-19(28-23(33)13-5-6-13)29-30-20(18)22(25)32/h2-4,9-10,13,15H,5-8,12,26H2,1H3,(H2,25,32)(H2,27,28,29,33)/b16-9+/t15-/m1/s1. The summed E-state index contributed by atoms with van der Waals surface area (Å²) in [4.78, 5) is 24.1. The molecule has 1 aliphatic carbocycles. The maximum absolute atomic E-state index is 12.1. The molecule has 1 aromatic carbocycles. The van der Waals surface area contributed by atoms with E-state index in [9.17, 15) is 14.9 Å². The molecular weight excluding hydrogens is 452 g/mol. The SMILES string of the molecule is COc1c(/C=C(\C#N)N(N)[C@@H]2CCOC2)cccc1Nc1cc(NC(=O)C2CC2)nnc1C(N)=O. The molecule has 6 N–H and O–H groups in total. The Bertz CT molecular complexity index is 1200. The normalized spacial score (nSPS) is 17.4. The number of amides is 2. The lowest BCUT2D eigenvalue weighted by molar-refractivity contribution is -0.117. The first-order valence-corrected chi connectivity index (χ1v) is 11.1. The number of allylic oxidation sites excluding steroid dienone is 1. The molecule has 1 aromatic heterocycles. The molecule has 0 bridgehead atoms. The van der Waals surface area contributed by atoms with E-state index in [2.05, 4.69) is 26.9 Å². The van der Waals surface area contributed by atoms with Gasteiger partial charge < -0.3 is 25.8 Å². The number of nitriles is 1. The van der Waals surface area contributed by atoms with Gasteiger partial charge in [0.2, 0.25) is 5.91 Å². The summed E-state index contributed by atoms with van der Waals surface area (Å²) in [7, 11) is 1.48. The number of rotatable bonds is 9. The molecule has 1 aliphatic heterocycles. The van der Waals surface area contributed by atoms with E-state index in [1.165, 1.54) is 18.2 Å². The van der Waals surface area contributed by atoms with E-state index in [0.717, 1.165) is 19.3 Å². The molecule has 2 aliphatic rings. The molecule has 35 heavy (non-hydrogen) atoms. The third-order valence-electron chi connectivity index (χ3n) is 5.73. The Morgan fingerprint density at radius 1 is 1.29 bits per heavy atom. The minimum Gasteiger partial charge on any atom is -0.494 e. The molecular formula is C23H26N8O4. The van der Waals surface area contributed by atoms with E-state index in [0.29, 0.717) is 30.2 Å². The zero-order valence-corrected chi connectivity index (χ0v) is 19.2. The first kappa shape index (κ1) is 23.9. The highest BCUT2D eigenvalue weighted by Crippen LogP contribution is 2.35. The van der Waals surface area contributed by atoms with Crippen molar-refractivity contribution in [3.63, 3.8) is 0 Å². The molecule has 0 spiro atoms. The number of hydrogen-bond donors (Lipinski definition) is 4. The van der Waals surface area contributed by atoms with Gasteiger partial charge in [0.25, 0.3) is 5.91 Å². The lowest BCUT2D eigenvalue weighted by atomic mass is 10.1. The first-order valence-electron chi connectivity index (χ1n) is 11.1. The maximum atomic E-state index is 12.1.